The molecule has 2 aromatic rings. The van der Waals surface area contributed by atoms with Crippen LogP contribution in [0.4, 0.5) is 0 Å². The number of rotatable bonds is 5. The topological polar surface area (TPSA) is 41.5 Å². The molecule has 0 fully saturated rings. The number of benzene rings is 2. The molecule has 0 radical (unpaired) electrons. The predicted molar refractivity (Wildman–Crippen MR) is 71.2 cm³/mol. The maximum Gasteiger partial charge on any atom is 0.120 e. The van der Waals surface area contributed by atoms with Crippen molar-refractivity contribution < 1.29 is 9.94 Å². The van der Waals surface area contributed by atoms with Gasteiger partial charge in [0.25, 0.3) is 0 Å². The number of phenols is 1. The average Bonchev–Trinajstić information content (AvgIpc) is 2.40. The van der Waals surface area contributed by atoms with Crippen molar-refractivity contribution >= 4 is 11.6 Å². The first-order valence-electron chi connectivity index (χ1n) is 5.61. The maximum atomic E-state index is 9.60. The first-order chi connectivity index (χ1) is 8.75. The minimum absolute atomic E-state index is 0.204. The Morgan fingerprint density at radius 3 is 2.67 bits per heavy atom. The Balaban J connectivity index is 1.80. The van der Waals surface area contributed by atoms with Crippen molar-refractivity contribution in [1.29, 1.82) is 0 Å². The Kier molecular flexibility index (Phi) is 4.59. The number of halogens is 1. The van der Waals surface area contributed by atoms with Gasteiger partial charge in [-0.25, -0.2) is 0 Å². The second-order valence-electron chi connectivity index (χ2n) is 3.87. The predicted octanol–water partition coefficient (Wildman–Crippen LogP) is 3.27. The average molecular weight is 264 g/mol. The van der Waals surface area contributed by atoms with Crippen LogP contribution in [0.1, 0.15) is 11.1 Å². The van der Waals surface area contributed by atoms with Crippen molar-refractivity contribution in [2.45, 2.75) is 13.2 Å². The van der Waals surface area contributed by atoms with Gasteiger partial charge in [-0.2, -0.15) is 5.48 Å². The summed E-state index contributed by atoms with van der Waals surface area (Å²) in [5.74, 6) is 0.204. The normalized spacial score (nSPS) is 10.5. The molecule has 0 atom stereocenters. The monoisotopic (exact) mass is 263 g/mol. The molecule has 2 rings (SSSR count). The minimum atomic E-state index is 0.204. The van der Waals surface area contributed by atoms with Gasteiger partial charge in [-0.1, -0.05) is 41.9 Å². The van der Waals surface area contributed by atoms with Gasteiger partial charge in [-0.05, 0) is 23.8 Å². The Morgan fingerprint density at radius 1 is 1.11 bits per heavy atom. The van der Waals surface area contributed by atoms with Crippen molar-refractivity contribution in [2.24, 2.45) is 0 Å². The molecule has 94 valence electrons. The summed E-state index contributed by atoms with van der Waals surface area (Å²) >= 11 is 5.85. The Labute approximate surface area is 111 Å². The summed E-state index contributed by atoms with van der Waals surface area (Å²) < 4.78 is 0. The molecule has 0 aliphatic carbocycles. The van der Waals surface area contributed by atoms with E-state index in [1.165, 1.54) is 0 Å². The van der Waals surface area contributed by atoms with E-state index in [-0.39, 0.29) is 5.75 Å². The fraction of sp³-hybridized carbons (Fsp3) is 0.143. The molecule has 0 heterocycles. The zero-order valence-corrected chi connectivity index (χ0v) is 10.5. The van der Waals surface area contributed by atoms with Crippen LogP contribution in [0, 0.1) is 0 Å². The highest BCUT2D eigenvalue weighted by atomic mass is 35.5. The van der Waals surface area contributed by atoms with Gasteiger partial charge in [0.15, 0.2) is 0 Å². The van der Waals surface area contributed by atoms with E-state index in [2.05, 4.69) is 5.48 Å². The third kappa shape index (κ3) is 3.74. The first kappa shape index (κ1) is 12.9. The highest BCUT2D eigenvalue weighted by molar-refractivity contribution is 6.30. The van der Waals surface area contributed by atoms with E-state index in [4.69, 9.17) is 16.4 Å². The summed E-state index contributed by atoms with van der Waals surface area (Å²) in [6.07, 6.45) is 0. The van der Waals surface area contributed by atoms with Gasteiger partial charge in [0, 0.05) is 17.1 Å². The molecule has 0 aliphatic heterocycles. The summed E-state index contributed by atoms with van der Waals surface area (Å²) in [7, 11) is 0. The summed E-state index contributed by atoms with van der Waals surface area (Å²) in [4.78, 5) is 5.31. The van der Waals surface area contributed by atoms with Crippen LogP contribution in [0.3, 0.4) is 0 Å². The SMILES string of the molecule is Oc1ccc(Cl)cc1CNOCc1ccccc1. The molecular weight excluding hydrogens is 250 g/mol. The minimum Gasteiger partial charge on any atom is -0.508 e. The fourth-order valence-corrected chi connectivity index (χ4v) is 1.73. The van der Waals surface area contributed by atoms with E-state index in [0.717, 1.165) is 5.56 Å². The highest BCUT2D eigenvalue weighted by Gasteiger charge is 2.01. The van der Waals surface area contributed by atoms with E-state index < -0.39 is 0 Å². The number of aromatic hydroxyl groups is 1. The summed E-state index contributed by atoms with van der Waals surface area (Å²) in [6, 6.07) is 14.8. The Bertz CT molecular complexity index is 502. The molecular formula is C14H14ClNO2. The molecule has 0 spiro atoms. The van der Waals surface area contributed by atoms with Crippen LogP contribution in [-0.2, 0) is 18.0 Å². The van der Waals surface area contributed by atoms with Crippen LogP contribution in [0.15, 0.2) is 48.5 Å². The number of hydrogen-bond donors (Lipinski definition) is 2. The molecule has 18 heavy (non-hydrogen) atoms. The first-order valence-corrected chi connectivity index (χ1v) is 5.99. The van der Waals surface area contributed by atoms with Gasteiger partial charge < -0.3 is 5.11 Å². The lowest BCUT2D eigenvalue weighted by Crippen LogP contribution is -2.13. The number of hydrogen-bond acceptors (Lipinski definition) is 3. The van der Waals surface area contributed by atoms with Crippen molar-refractivity contribution in [1.82, 2.24) is 5.48 Å². The maximum absolute atomic E-state index is 9.60. The summed E-state index contributed by atoms with van der Waals surface area (Å²) in [6.45, 7) is 0.876. The van der Waals surface area contributed by atoms with E-state index in [0.29, 0.717) is 23.7 Å². The standard InChI is InChI=1S/C14H14ClNO2/c15-13-6-7-14(17)12(8-13)9-16-18-10-11-4-2-1-3-5-11/h1-8,16-17H,9-10H2. The molecule has 0 aliphatic rings. The quantitative estimate of drug-likeness (QED) is 0.643. The van der Waals surface area contributed by atoms with Crippen molar-refractivity contribution in [3.8, 4) is 5.75 Å². The van der Waals surface area contributed by atoms with E-state index in [1.807, 2.05) is 30.3 Å². The smallest absolute Gasteiger partial charge is 0.120 e. The third-order valence-electron chi connectivity index (χ3n) is 2.49. The second-order valence-corrected chi connectivity index (χ2v) is 4.30. The molecule has 0 saturated carbocycles. The van der Waals surface area contributed by atoms with E-state index in [9.17, 15) is 5.11 Å². The van der Waals surface area contributed by atoms with Crippen LogP contribution in [0.25, 0.3) is 0 Å². The van der Waals surface area contributed by atoms with Crippen LogP contribution >= 0.6 is 11.6 Å². The van der Waals surface area contributed by atoms with Crippen LogP contribution < -0.4 is 5.48 Å². The fourth-order valence-electron chi connectivity index (χ4n) is 1.53. The van der Waals surface area contributed by atoms with Crippen molar-refractivity contribution in [3.63, 3.8) is 0 Å². The molecule has 0 saturated heterocycles. The van der Waals surface area contributed by atoms with Gasteiger partial charge in [-0.3, -0.25) is 4.84 Å². The van der Waals surface area contributed by atoms with E-state index >= 15 is 0 Å². The van der Waals surface area contributed by atoms with Crippen molar-refractivity contribution in [2.75, 3.05) is 0 Å². The van der Waals surface area contributed by atoms with Gasteiger partial charge in [0.1, 0.15) is 5.75 Å². The molecule has 0 unspecified atom stereocenters. The Hall–Kier alpha value is -1.55. The van der Waals surface area contributed by atoms with Crippen LogP contribution in [0.2, 0.25) is 5.02 Å². The molecule has 0 bridgehead atoms. The highest BCUT2D eigenvalue weighted by Crippen LogP contribution is 2.21. The van der Waals surface area contributed by atoms with Gasteiger partial charge in [-0.15, -0.1) is 0 Å². The van der Waals surface area contributed by atoms with Crippen LogP contribution in [0.5, 0.6) is 5.75 Å². The van der Waals surface area contributed by atoms with Crippen molar-refractivity contribution in [3.05, 3.63) is 64.7 Å². The summed E-state index contributed by atoms with van der Waals surface area (Å²) in [5.41, 5.74) is 4.59. The molecule has 2 aromatic carbocycles. The van der Waals surface area contributed by atoms with Gasteiger partial charge in [0.2, 0.25) is 0 Å². The molecule has 3 nitrogen and oxygen atoms in total. The number of phenolic OH excluding ortho intramolecular Hbond substituents is 1. The third-order valence-corrected chi connectivity index (χ3v) is 2.72. The lowest BCUT2D eigenvalue weighted by Gasteiger charge is -2.08. The molecule has 4 heteroatoms. The second kappa shape index (κ2) is 6.40. The lowest BCUT2D eigenvalue weighted by molar-refractivity contribution is 0.0231. The largest absolute Gasteiger partial charge is 0.508 e. The van der Waals surface area contributed by atoms with Gasteiger partial charge in [0.05, 0.1) is 6.61 Å². The zero-order chi connectivity index (χ0) is 12.8. The molecule has 0 aromatic heterocycles. The molecule has 0 amide bonds. The van der Waals surface area contributed by atoms with Crippen LogP contribution in [-0.4, -0.2) is 5.11 Å². The zero-order valence-electron chi connectivity index (χ0n) is 9.77. The number of hydroxylamine groups is 1. The van der Waals surface area contributed by atoms with E-state index in [1.54, 1.807) is 18.2 Å². The summed E-state index contributed by atoms with van der Waals surface area (Å²) in [5, 5.41) is 10.2. The lowest BCUT2D eigenvalue weighted by atomic mass is 10.2. The number of nitrogens with one attached hydrogen (secondary N) is 1. The Morgan fingerprint density at radius 2 is 1.89 bits per heavy atom. The van der Waals surface area contributed by atoms with Gasteiger partial charge >= 0.3 is 0 Å². The molecule has 2 N–H and O–H groups in total.